The number of fused-ring (bicyclic) bond motifs is 3. The van der Waals surface area contributed by atoms with Gasteiger partial charge in [-0.15, -0.1) is 5.10 Å². The van der Waals surface area contributed by atoms with Crippen molar-refractivity contribution in [2.24, 2.45) is 0 Å². The minimum atomic E-state index is -0.325. The minimum Gasteiger partial charge on any atom is -0.497 e. The fraction of sp³-hybridized carbons (Fsp3) is 0.185. The monoisotopic (exact) mass is 502 g/mol. The molecule has 0 saturated carbocycles. The number of methoxy groups -OCH3 is 1. The van der Waals surface area contributed by atoms with Crippen LogP contribution >= 0.6 is 23.4 Å². The van der Waals surface area contributed by atoms with Crippen molar-refractivity contribution in [3.8, 4) is 11.5 Å². The van der Waals surface area contributed by atoms with Gasteiger partial charge in [-0.25, -0.2) is 4.68 Å². The molecule has 35 heavy (non-hydrogen) atoms. The van der Waals surface area contributed by atoms with Crippen LogP contribution in [0.25, 0.3) is 5.70 Å². The molecule has 0 radical (unpaired) electrons. The van der Waals surface area contributed by atoms with Gasteiger partial charge in [-0.2, -0.15) is 4.98 Å². The summed E-state index contributed by atoms with van der Waals surface area (Å²) in [7, 11) is 1.67. The van der Waals surface area contributed by atoms with Gasteiger partial charge in [0.05, 0.1) is 12.8 Å². The number of aryl methyl sites for hydroxylation is 1. The Hall–Kier alpha value is -3.42. The van der Waals surface area contributed by atoms with Gasteiger partial charge in [0.15, 0.2) is 0 Å². The van der Waals surface area contributed by atoms with Crippen molar-refractivity contribution >= 4 is 35.0 Å². The molecule has 0 saturated heterocycles. The predicted molar refractivity (Wildman–Crippen MR) is 139 cm³/mol. The number of hydrogen-bond donors (Lipinski definition) is 1. The summed E-state index contributed by atoms with van der Waals surface area (Å²) in [4.78, 5) is 4.75. The molecule has 2 aliphatic rings. The third-order valence-electron chi connectivity index (χ3n) is 6.41. The Kier molecular flexibility index (Phi) is 5.46. The molecule has 8 heteroatoms. The molecule has 4 aromatic rings. The molecule has 2 aliphatic heterocycles. The van der Waals surface area contributed by atoms with Crippen molar-refractivity contribution in [2.75, 3.05) is 18.7 Å². The number of hydrogen-bond acceptors (Lipinski definition) is 6. The van der Waals surface area contributed by atoms with E-state index in [1.165, 1.54) is 17.3 Å². The van der Waals surface area contributed by atoms with Crippen molar-refractivity contribution in [1.82, 2.24) is 14.8 Å². The summed E-state index contributed by atoms with van der Waals surface area (Å²) < 4.78 is 14.0. The highest BCUT2D eigenvalue weighted by Crippen LogP contribution is 2.51. The maximum atomic E-state index is 6.68. The third kappa shape index (κ3) is 3.75. The highest BCUT2D eigenvalue weighted by molar-refractivity contribution is 7.98. The van der Waals surface area contributed by atoms with Crippen molar-refractivity contribution in [3.63, 3.8) is 0 Å². The number of nitrogens with zero attached hydrogens (tertiary/aromatic N) is 3. The maximum absolute atomic E-state index is 6.68. The summed E-state index contributed by atoms with van der Waals surface area (Å²) in [6.45, 7) is 2.08. The van der Waals surface area contributed by atoms with Gasteiger partial charge >= 0.3 is 0 Å². The van der Waals surface area contributed by atoms with Gasteiger partial charge in [-0.05, 0) is 54.6 Å². The van der Waals surface area contributed by atoms with Gasteiger partial charge in [0.2, 0.25) is 11.1 Å². The first-order valence-electron chi connectivity index (χ1n) is 11.2. The smallest absolute Gasteiger partial charge is 0.227 e. The topological polar surface area (TPSA) is 61.2 Å². The molecule has 0 fully saturated rings. The van der Waals surface area contributed by atoms with Crippen LogP contribution in [0.5, 0.6) is 11.5 Å². The average Bonchev–Trinajstić information content (AvgIpc) is 3.31. The second-order valence-electron chi connectivity index (χ2n) is 8.55. The highest BCUT2D eigenvalue weighted by atomic mass is 35.5. The third-order valence-corrected chi connectivity index (χ3v) is 7.18. The van der Waals surface area contributed by atoms with Gasteiger partial charge in [0, 0.05) is 16.2 Å². The Morgan fingerprint density at radius 2 is 1.77 bits per heavy atom. The van der Waals surface area contributed by atoms with E-state index in [0.29, 0.717) is 16.1 Å². The van der Waals surface area contributed by atoms with Gasteiger partial charge in [-0.3, -0.25) is 0 Å². The van der Waals surface area contributed by atoms with E-state index in [1.807, 2.05) is 41.3 Å². The van der Waals surface area contributed by atoms with Crippen LogP contribution in [0, 0.1) is 6.92 Å². The molecule has 0 bridgehead atoms. The first-order chi connectivity index (χ1) is 17.1. The zero-order valence-electron chi connectivity index (χ0n) is 19.4. The number of thioether (sulfide) groups is 1. The van der Waals surface area contributed by atoms with E-state index in [1.54, 1.807) is 7.11 Å². The number of nitrogens with one attached hydrogen (secondary N) is 1. The molecule has 1 aromatic heterocycles. The van der Waals surface area contributed by atoms with E-state index in [0.717, 1.165) is 39.5 Å². The quantitative estimate of drug-likeness (QED) is 0.320. The number of halogens is 1. The fourth-order valence-electron chi connectivity index (χ4n) is 4.69. The van der Waals surface area contributed by atoms with Crippen molar-refractivity contribution in [2.45, 2.75) is 24.2 Å². The van der Waals surface area contributed by atoms with Crippen LogP contribution in [0.15, 0.2) is 77.5 Å². The molecular formula is C27H23ClN4O2S. The summed E-state index contributed by atoms with van der Waals surface area (Å²) in [5.74, 6) is 2.26. The Morgan fingerprint density at radius 3 is 2.49 bits per heavy atom. The lowest BCUT2D eigenvalue weighted by Gasteiger charge is -2.39. The molecule has 2 atom stereocenters. The van der Waals surface area contributed by atoms with E-state index in [9.17, 15) is 0 Å². The number of anilines is 1. The van der Waals surface area contributed by atoms with Crippen LogP contribution in [0.4, 0.5) is 5.95 Å². The molecule has 0 spiro atoms. The van der Waals surface area contributed by atoms with Crippen molar-refractivity contribution < 1.29 is 9.47 Å². The molecule has 0 amide bonds. The molecule has 6 nitrogen and oxygen atoms in total. The maximum Gasteiger partial charge on any atom is 0.227 e. The van der Waals surface area contributed by atoms with Crippen LogP contribution in [0.2, 0.25) is 5.02 Å². The van der Waals surface area contributed by atoms with Gasteiger partial charge < -0.3 is 14.8 Å². The molecule has 3 aromatic carbocycles. The fourth-order valence-corrected chi connectivity index (χ4v) is 5.21. The molecule has 6 rings (SSSR count). The SMILES string of the molecule is COc1ccc([C@H]2C3=C(Nc4nc(SC)nn42)c2cc(Cl)ccc2O[C@H]3c2ccc(C)cc2)cc1. The molecule has 0 unspecified atom stereocenters. The van der Waals surface area contributed by atoms with Crippen LogP contribution in [0.3, 0.4) is 0 Å². The number of benzene rings is 3. The first-order valence-corrected chi connectivity index (χ1v) is 12.8. The second-order valence-corrected chi connectivity index (χ2v) is 9.76. The average molecular weight is 503 g/mol. The van der Waals surface area contributed by atoms with Gasteiger partial charge in [-0.1, -0.05) is 65.3 Å². The summed E-state index contributed by atoms with van der Waals surface area (Å²) in [5.41, 5.74) is 6.24. The summed E-state index contributed by atoms with van der Waals surface area (Å²) in [6.07, 6.45) is 1.65. The Bertz CT molecular complexity index is 1450. The van der Waals surface area contributed by atoms with Crippen LogP contribution in [-0.2, 0) is 0 Å². The molecule has 3 heterocycles. The van der Waals surface area contributed by atoms with Crippen molar-refractivity contribution in [3.05, 3.63) is 99.6 Å². The van der Waals surface area contributed by atoms with Gasteiger partial charge in [0.25, 0.3) is 0 Å². The normalized spacial score (nSPS) is 18.2. The first kappa shape index (κ1) is 22.1. The Morgan fingerprint density at radius 1 is 1.03 bits per heavy atom. The Labute approximate surface area is 212 Å². The highest BCUT2D eigenvalue weighted by Gasteiger charge is 2.41. The standard InChI is InChI=1S/C27H23ClN4O2S/c1-15-4-6-17(7-5-15)25-22-23(20-14-18(28)10-13-21(20)34-25)29-26-30-27(35-3)31-32(26)24(22)16-8-11-19(33-2)12-9-16/h4-14,24-25H,1-3H3,(H,29,30,31)/t24-,25-/m0/s1. The van der Waals surface area contributed by atoms with Crippen LogP contribution in [0.1, 0.15) is 34.4 Å². The van der Waals surface area contributed by atoms with E-state index in [2.05, 4.69) is 48.6 Å². The molecule has 0 aliphatic carbocycles. The van der Waals surface area contributed by atoms with Crippen LogP contribution in [-0.4, -0.2) is 28.1 Å². The lowest BCUT2D eigenvalue weighted by Crippen LogP contribution is -2.32. The number of aromatic nitrogens is 3. The zero-order valence-corrected chi connectivity index (χ0v) is 21.0. The molecule has 1 N–H and O–H groups in total. The van der Waals surface area contributed by atoms with Gasteiger partial charge in [0.1, 0.15) is 23.6 Å². The largest absolute Gasteiger partial charge is 0.497 e. The molecule has 176 valence electrons. The van der Waals surface area contributed by atoms with E-state index in [-0.39, 0.29) is 12.1 Å². The number of ether oxygens (including phenoxy) is 2. The van der Waals surface area contributed by atoms with Crippen LogP contribution < -0.4 is 14.8 Å². The van der Waals surface area contributed by atoms with E-state index in [4.69, 9.17) is 31.2 Å². The molecular weight excluding hydrogens is 480 g/mol. The lowest BCUT2D eigenvalue weighted by molar-refractivity contribution is 0.223. The van der Waals surface area contributed by atoms with Crippen molar-refractivity contribution in [1.29, 1.82) is 0 Å². The summed E-state index contributed by atoms with van der Waals surface area (Å²) >= 11 is 7.95. The Balaban J connectivity index is 1.62. The lowest BCUT2D eigenvalue weighted by atomic mass is 9.84. The van der Waals surface area contributed by atoms with E-state index < -0.39 is 0 Å². The summed E-state index contributed by atoms with van der Waals surface area (Å²) in [5, 5.41) is 9.74. The van der Waals surface area contributed by atoms with E-state index >= 15 is 0 Å². The minimum absolute atomic E-state index is 0.237. The second kappa shape index (κ2) is 8.66. The summed E-state index contributed by atoms with van der Waals surface area (Å²) in [6, 6.07) is 22.1. The zero-order chi connectivity index (χ0) is 24.1. The number of rotatable bonds is 4. The predicted octanol–water partition coefficient (Wildman–Crippen LogP) is 6.53.